The number of rotatable bonds is 7. The second-order valence-corrected chi connectivity index (χ2v) is 6.05. The quantitative estimate of drug-likeness (QED) is 0.773. The number of carbonyl (C=O) groups excluding carboxylic acids is 2. The smallest absolute Gasteiger partial charge is 0.343 e. The SMILES string of the molecule is COc1ccc(C(=O)O[C@@H](C(=O)NC2CC2)c2ccccc2)c(OC)c1. The van der Waals surface area contributed by atoms with Gasteiger partial charge in [0.2, 0.25) is 6.10 Å². The second kappa shape index (κ2) is 7.91. The highest BCUT2D eigenvalue weighted by atomic mass is 16.6. The lowest BCUT2D eigenvalue weighted by atomic mass is 10.1. The Balaban J connectivity index is 1.84. The summed E-state index contributed by atoms with van der Waals surface area (Å²) < 4.78 is 15.9. The van der Waals surface area contributed by atoms with Crippen LogP contribution in [0.25, 0.3) is 0 Å². The van der Waals surface area contributed by atoms with Gasteiger partial charge in [-0.05, 0) is 25.0 Å². The fraction of sp³-hybridized carbons (Fsp3) is 0.300. The molecule has 0 saturated heterocycles. The van der Waals surface area contributed by atoms with Crippen molar-refractivity contribution in [2.24, 2.45) is 0 Å². The lowest BCUT2D eigenvalue weighted by Crippen LogP contribution is -2.33. The Labute approximate surface area is 152 Å². The van der Waals surface area contributed by atoms with Crippen LogP contribution in [0.1, 0.15) is 34.9 Å². The predicted octanol–water partition coefficient (Wildman–Crippen LogP) is 2.88. The second-order valence-electron chi connectivity index (χ2n) is 6.05. The highest BCUT2D eigenvalue weighted by Crippen LogP contribution is 2.28. The van der Waals surface area contributed by atoms with Crippen LogP contribution in [-0.2, 0) is 9.53 Å². The molecule has 0 spiro atoms. The molecule has 1 N–H and O–H groups in total. The van der Waals surface area contributed by atoms with Gasteiger partial charge in [-0.25, -0.2) is 4.79 Å². The highest BCUT2D eigenvalue weighted by Gasteiger charge is 2.31. The zero-order valence-electron chi connectivity index (χ0n) is 14.7. The highest BCUT2D eigenvalue weighted by molar-refractivity contribution is 5.95. The average Bonchev–Trinajstić information content (AvgIpc) is 3.49. The third kappa shape index (κ3) is 4.14. The standard InChI is InChI=1S/C20H21NO5/c1-24-15-10-11-16(17(12-15)25-2)20(23)26-18(13-6-4-3-5-7-13)19(22)21-14-8-9-14/h3-7,10-12,14,18H,8-9H2,1-2H3,(H,21,22)/t18-/m1/s1. The van der Waals surface area contributed by atoms with Crippen molar-refractivity contribution in [1.29, 1.82) is 0 Å². The minimum atomic E-state index is -1.02. The van der Waals surface area contributed by atoms with E-state index in [-0.39, 0.29) is 17.5 Å². The van der Waals surface area contributed by atoms with Crippen LogP contribution in [0.4, 0.5) is 0 Å². The molecular weight excluding hydrogens is 334 g/mol. The van der Waals surface area contributed by atoms with E-state index in [1.54, 1.807) is 42.5 Å². The lowest BCUT2D eigenvalue weighted by Gasteiger charge is -2.19. The van der Waals surface area contributed by atoms with Crippen LogP contribution < -0.4 is 14.8 Å². The summed E-state index contributed by atoms with van der Waals surface area (Å²) in [5.74, 6) is -0.0721. The topological polar surface area (TPSA) is 73.9 Å². The maximum absolute atomic E-state index is 12.7. The number of nitrogens with one attached hydrogen (secondary N) is 1. The van der Waals surface area contributed by atoms with E-state index in [1.165, 1.54) is 14.2 Å². The normalized spacial score (nSPS) is 14.2. The molecule has 1 aliphatic rings. The van der Waals surface area contributed by atoms with Crippen LogP contribution in [0, 0.1) is 0 Å². The molecule has 136 valence electrons. The van der Waals surface area contributed by atoms with Gasteiger partial charge in [-0.1, -0.05) is 30.3 Å². The number of methoxy groups -OCH3 is 2. The van der Waals surface area contributed by atoms with Gasteiger partial charge in [0.25, 0.3) is 5.91 Å². The molecule has 0 radical (unpaired) electrons. The van der Waals surface area contributed by atoms with Gasteiger partial charge in [-0.15, -0.1) is 0 Å². The first-order valence-electron chi connectivity index (χ1n) is 8.40. The van der Waals surface area contributed by atoms with E-state index in [0.29, 0.717) is 17.1 Å². The number of hydrogen-bond donors (Lipinski definition) is 1. The van der Waals surface area contributed by atoms with Gasteiger partial charge in [0, 0.05) is 17.7 Å². The van der Waals surface area contributed by atoms with Gasteiger partial charge >= 0.3 is 5.97 Å². The number of benzene rings is 2. The molecule has 1 aliphatic carbocycles. The van der Waals surface area contributed by atoms with Crippen molar-refractivity contribution < 1.29 is 23.8 Å². The first-order valence-corrected chi connectivity index (χ1v) is 8.40. The van der Waals surface area contributed by atoms with E-state index < -0.39 is 12.1 Å². The Kier molecular flexibility index (Phi) is 5.41. The zero-order valence-corrected chi connectivity index (χ0v) is 14.7. The molecule has 0 unspecified atom stereocenters. The number of ether oxygens (including phenoxy) is 3. The molecule has 0 aliphatic heterocycles. The fourth-order valence-corrected chi connectivity index (χ4v) is 2.54. The third-order valence-corrected chi connectivity index (χ3v) is 4.12. The Bertz CT molecular complexity index is 786. The van der Waals surface area contributed by atoms with E-state index in [0.717, 1.165) is 12.8 Å². The number of esters is 1. The predicted molar refractivity (Wildman–Crippen MR) is 95.3 cm³/mol. The van der Waals surface area contributed by atoms with Gasteiger partial charge < -0.3 is 19.5 Å². The monoisotopic (exact) mass is 355 g/mol. The first-order chi connectivity index (χ1) is 12.6. The van der Waals surface area contributed by atoms with E-state index in [2.05, 4.69) is 5.32 Å². The number of amides is 1. The molecule has 1 saturated carbocycles. The molecule has 0 aromatic heterocycles. The van der Waals surface area contributed by atoms with Gasteiger partial charge in [0.1, 0.15) is 17.1 Å². The number of hydrogen-bond acceptors (Lipinski definition) is 5. The van der Waals surface area contributed by atoms with Crippen molar-refractivity contribution >= 4 is 11.9 Å². The molecule has 1 atom stereocenters. The molecule has 6 heteroatoms. The molecule has 2 aromatic rings. The lowest BCUT2D eigenvalue weighted by molar-refractivity contribution is -0.130. The summed E-state index contributed by atoms with van der Waals surface area (Å²) in [7, 11) is 2.99. The molecule has 2 aromatic carbocycles. The first kappa shape index (κ1) is 17.8. The molecule has 0 heterocycles. The van der Waals surface area contributed by atoms with Gasteiger partial charge in [-0.2, -0.15) is 0 Å². The Morgan fingerprint density at radius 1 is 1.04 bits per heavy atom. The minimum absolute atomic E-state index is 0.169. The maximum Gasteiger partial charge on any atom is 0.343 e. The van der Waals surface area contributed by atoms with Crippen molar-refractivity contribution in [2.75, 3.05) is 14.2 Å². The van der Waals surface area contributed by atoms with Crippen LogP contribution in [0.3, 0.4) is 0 Å². The molecule has 0 bridgehead atoms. The minimum Gasteiger partial charge on any atom is -0.497 e. The molecule has 1 fully saturated rings. The van der Waals surface area contributed by atoms with Gasteiger partial charge in [0.05, 0.1) is 14.2 Å². The Hall–Kier alpha value is -3.02. The summed E-state index contributed by atoms with van der Waals surface area (Å²) in [5, 5.41) is 2.89. The van der Waals surface area contributed by atoms with Crippen molar-refractivity contribution in [3.05, 3.63) is 59.7 Å². The molecule has 6 nitrogen and oxygen atoms in total. The molecular formula is C20H21NO5. The summed E-state index contributed by atoms with van der Waals surface area (Å²) in [6, 6.07) is 13.9. The molecule has 3 rings (SSSR count). The zero-order chi connectivity index (χ0) is 18.5. The van der Waals surface area contributed by atoms with Crippen molar-refractivity contribution in [3.8, 4) is 11.5 Å². The summed E-state index contributed by atoms with van der Waals surface area (Å²) in [4.78, 5) is 25.3. The van der Waals surface area contributed by atoms with Crippen molar-refractivity contribution in [3.63, 3.8) is 0 Å². The van der Waals surface area contributed by atoms with Crippen LogP contribution in [0.15, 0.2) is 48.5 Å². The summed E-state index contributed by atoms with van der Waals surface area (Å²) >= 11 is 0. The number of carbonyl (C=O) groups is 2. The van der Waals surface area contributed by atoms with Crippen LogP contribution >= 0.6 is 0 Å². The Morgan fingerprint density at radius 3 is 2.38 bits per heavy atom. The van der Waals surface area contributed by atoms with E-state index in [1.807, 2.05) is 6.07 Å². The van der Waals surface area contributed by atoms with Crippen LogP contribution in [0.5, 0.6) is 11.5 Å². The van der Waals surface area contributed by atoms with E-state index in [4.69, 9.17) is 14.2 Å². The van der Waals surface area contributed by atoms with Crippen molar-refractivity contribution in [1.82, 2.24) is 5.32 Å². The largest absolute Gasteiger partial charge is 0.497 e. The van der Waals surface area contributed by atoms with Crippen LogP contribution in [0.2, 0.25) is 0 Å². The molecule has 1 amide bonds. The summed E-state index contributed by atoms with van der Waals surface area (Å²) in [5.41, 5.74) is 0.847. The Morgan fingerprint density at radius 2 is 1.77 bits per heavy atom. The summed E-state index contributed by atoms with van der Waals surface area (Å²) in [6.45, 7) is 0. The van der Waals surface area contributed by atoms with E-state index in [9.17, 15) is 9.59 Å². The van der Waals surface area contributed by atoms with Gasteiger partial charge in [0.15, 0.2) is 0 Å². The fourth-order valence-electron chi connectivity index (χ4n) is 2.54. The van der Waals surface area contributed by atoms with Crippen LogP contribution in [-0.4, -0.2) is 32.1 Å². The average molecular weight is 355 g/mol. The van der Waals surface area contributed by atoms with Gasteiger partial charge in [-0.3, -0.25) is 4.79 Å². The summed E-state index contributed by atoms with van der Waals surface area (Å²) in [6.07, 6.45) is 0.886. The van der Waals surface area contributed by atoms with Crippen molar-refractivity contribution in [2.45, 2.75) is 25.0 Å². The van der Waals surface area contributed by atoms with E-state index >= 15 is 0 Å². The molecule has 26 heavy (non-hydrogen) atoms. The maximum atomic E-state index is 12.7. The third-order valence-electron chi connectivity index (χ3n) is 4.12.